The Morgan fingerprint density at radius 2 is 1.20 bits per heavy atom. The monoisotopic (exact) mass is 818 g/mol. The van der Waals surface area contributed by atoms with Gasteiger partial charge in [0.05, 0.1) is 10.9 Å². The average Bonchev–Trinajstić information content (AvgIpc) is 3.56. The van der Waals surface area contributed by atoms with Crippen LogP contribution in [0.1, 0.15) is 51.4 Å². The first-order valence-electron chi connectivity index (χ1n) is 19.6. The fourth-order valence-corrected chi connectivity index (χ4v) is 9.30. The molecule has 2 aliphatic rings. The first-order chi connectivity index (χ1) is 29.0. The summed E-state index contributed by atoms with van der Waals surface area (Å²) in [6.45, 7) is 16.8. The Morgan fingerprint density at radius 3 is 1.90 bits per heavy atom. The minimum Gasteiger partial charge on any atom is -0.507 e. The van der Waals surface area contributed by atoms with Crippen molar-refractivity contribution >= 4 is 43.5 Å². The van der Waals surface area contributed by atoms with Crippen LogP contribution in [0.25, 0.3) is 65.7 Å². The topological polar surface area (TPSA) is 190 Å². The number of rotatable bonds is 4. The van der Waals surface area contributed by atoms with Gasteiger partial charge in [0.2, 0.25) is 23.0 Å². The molecule has 0 radical (unpaired) electrons. The second-order valence-electron chi connectivity index (χ2n) is 15.9. The molecule has 0 unspecified atom stereocenters. The van der Waals surface area contributed by atoms with Crippen LogP contribution in [0.3, 0.4) is 0 Å². The van der Waals surface area contributed by atoms with Gasteiger partial charge in [0.1, 0.15) is 23.9 Å². The Labute approximate surface area is 349 Å². The molecule has 7 aromatic rings. The van der Waals surface area contributed by atoms with Crippen LogP contribution >= 0.6 is 0 Å². The Balaban J connectivity index is 1.47. The molecular weight excluding hydrogens is 777 g/mol. The van der Waals surface area contributed by atoms with Gasteiger partial charge in [-0.1, -0.05) is 55.1 Å². The van der Waals surface area contributed by atoms with Crippen LogP contribution in [0.15, 0.2) is 66.8 Å². The third-order valence-electron chi connectivity index (χ3n) is 12.8. The number of fused-ring (bicyclic) bond motifs is 6. The summed E-state index contributed by atoms with van der Waals surface area (Å²) in [7, 11) is 0. The number of hydrogen-bond donors (Lipinski definition) is 8. The van der Waals surface area contributed by atoms with Crippen molar-refractivity contribution < 1.29 is 55.4 Å². The number of hydrogen-bond acceptors (Lipinski definition) is 11. The Kier molecular flexibility index (Phi) is 8.55. The lowest BCUT2D eigenvalue weighted by Crippen LogP contribution is -2.01. The van der Waals surface area contributed by atoms with Crippen molar-refractivity contribution in [3.8, 4) is 85.5 Å². The molecule has 308 valence electrons. The number of phenols is 8. The van der Waals surface area contributed by atoms with E-state index < -0.39 is 51.7 Å². The van der Waals surface area contributed by atoms with E-state index in [2.05, 4.69) is 25.6 Å². The van der Waals surface area contributed by atoms with E-state index in [4.69, 9.17) is 14.5 Å². The van der Waals surface area contributed by atoms with Crippen LogP contribution in [-0.2, 0) is 0 Å². The Morgan fingerprint density at radius 1 is 0.557 bits per heavy atom. The van der Waals surface area contributed by atoms with Gasteiger partial charge in [-0.25, -0.2) is 0 Å². The number of allylic oxidation sites excluding steroid dienone is 4. The zero-order valence-electron chi connectivity index (χ0n) is 34.4. The molecule has 7 aromatic carbocycles. The van der Waals surface area contributed by atoms with Gasteiger partial charge in [0, 0.05) is 43.8 Å². The van der Waals surface area contributed by atoms with E-state index in [9.17, 15) is 40.9 Å². The van der Waals surface area contributed by atoms with Crippen LogP contribution in [0, 0.1) is 41.5 Å². The summed E-state index contributed by atoms with van der Waals surface area (Å²) in [5.41, 5.74) is 8.81. The summed E-state index contributed by atoms with van der Waals surface area (Å²) >= 11 is 0. The molecule has 0 aliphatic carbocycles. The van der Waals surface area contributed by atoms with E-state index >= 15 is 0 Å². The zero-order valence-corrected chi connectivity index (χ0v) is 34.4. The van der Waals surface area contributed by atoms with Crippen molar-refractivity contribution in [1.29, 1.82) is 0 Å². The van der Waals surface area contributed by atoms with Crippen LogP contribution in [0.5, 0.6) is 63.2 Å². The smallest absolute Gasteiger partial charge is 0.232 e. The molecule has 0 bridgehead atoms. The molecule has 11 nitrogen and oxygen atoms in total. The highest BCUT2D eigenvalue weighted by Crippen LogP contribution is 2.65. The highest BCUT2D eigenvalue weighted by molar-refractivity contribution is 6.30. The highest BCUT2D eigenvalue weighted by Gasteiger charge is 2.39. The van der Waals surface area contributed by atoms with Crippen molar-refractivity contribution in [2.24, 2.45) is 0 Å². The summed E-state index contributed by atoms with van der Waals surface area (Å²) in [6, 6.07) is 13.7. The van der Waals surface area contributed by atoms with E-state index in [0.717, 1.165) is 33.4 Å². The first kappa shape index (κ1) is 38.8. The number of aryl methyl sites for hydroxylation is 3. The largest absolute Gasteiger partial charge is 0.507 e. The number of phenolic OH excluding ortho intramolecular Hbond substituents is 8. The highest BCUT2D eigenvalue weighted by atomic mass is 17.2. The molecule has 61 heavy (non-hydrogen) atoms. The molecule has 0 saturated heterocycles. The molecule has 0 saturated carbocycles. The summed E-state index contributed by atoms with van der Waals surface area (Å²) in [5.74, 6) is -5.91. The number of aromatic hydroxyl groups is 8. The molecule has 0 aromatic heterocycles. The van der Waals surface area contributed by atoms with Gasteiger partial charge in [-0.15, -0.1) is 0 Å². The van der Waals surface area contributed by atoms with Gasteiger partial charge >= 0.3 is 0 Å². The predicted octanol–water partition coefficient (Wildman–Crippen LogP) is 11.1. The van der Waals surface area contributed by atoms with Gasteiger partial charge < -0.3 is 45.6 Å². The maximum absolute atomic E-state index is 12.4. The standard InChI is InChI=1S/C50H42O11/c1-9-12-20(3)31(27-14-11-10-13-19(27)2)29-18-59-30-17-26(15-16-28(29)30)34-32-22(5)21(4)24(7)41(51)36(32)35-38-37(34)44(54)47(57)48(58)49(38)60-61-50-40(35)43(53)33-23(6)25(8)42(52)45(55)39(33)46(50)56/h9-17,51-58H,1,18H2,2-8H3/b20-12-,31-29-. The third-order valence-corrected chi connectivity index (χ3v) is 12.8. The van der Waals surface area contributed by atoms with Crippen molar-refractivity contribution in [3.63, 3.8) is 0 Å². The number of ether oxygens (including phenoxy) is 1. The van der Waals surface area contributed by atoms with E-state index in [0.29, 0.717) is 44.5 Å². The van der Waals surface area contributed by atoms with E-state index in [1.54, 1.807) is 19.9 Å². The van der Waals surface area contributed by atoms with Gasteiger partial charge in [-0.2, -0.15) is 0 Å². The quantitative estimate of drug-likeness (QED) is 0.0277. The van der Waals surface area contributed by atoms with E-state index in [-0.39, 0.29) is 56.0 Å². The van der Waals surface area contributed by atoms with Crippen LogP contribution < -0.4 is 14.5 Å². The molecule has 0 amide bonds. The third kappa shape index (κ3) is 5.10. The predicted molar refractivity (Wildman–Crippen MR) is 236 cm³/mol. The molecule has 8 N–H and O–H groups in total. The maximum atomic E-state index is 12.4. The second kappa shape index (κ2) is 13.4. The van der Waals surface area contributed by atoms with Crippen molar-refractivity contribution in [1.82, 2.24) is 0 Å². The molecule has 11 heteroatoms. The second-order valence-corrected chi connectivity index (χ2v) is 15.9. The number of benzene rings is 7. The van der Waals surface area contributed by atoms with Crippen molar-refractivity contribution in [3.05, 3.63) is 111 Å². The minimum atomic E-state index is -0.947. The van der Waals surface area contributed by atoms with E-state index in [1.165, 1.54) is 6.92 Å². The molecule has 0 spiro atoms. The maximum Gasteiger partial charge on any atom is 0.232 e. The van der Waals surface area contributed by atoms with Crippen molar-refractivity contribution in [2.75, 3.05) is 6.61 Å². The Hall–Kier alpha value is -7.66. The average molecular weight is 819 g/mol. The molecule has 9 rings (SSSR count). The summed E-state index contributed by atoms with van der Waals surface area (Å²) in [5, 5.41) is 93.4. The summed E-state index contributed by atoms with van der Waals surface area (Å²) < 4.78 is 6.44. The lowest BCUT2D eigenvalue weighted by Gasteiger charge is -2.24. The summed E-state index contributed by atoms with van der Waals surface area (Å²) in [4.78, 5) is 11.4. The molecule has 2 heterocycles. The van der Waals surface area contributed by atoms with Crippen LogP contribution in [0.2, 0.25) is 0 Å². The first-order valence-corrected chi connectivity index (χ1v) is 19.6. The van der Waals surface area contributed by atoms with Gasteiger partial charge in [-0.3, -0.25) is 9.78 Å². The SMILES string of the molecule is C=C/C=C(C)\C(=C1/COc2cc(-c3c4c(C)c(C)c(C)c(O)c4c4c5c(c(O)c(O)c(O)c35)OOc3c-4c(O)c4c(C)c(C)c(O)c(O)c4c3O)ccc21)c1ccccc1C. The lowest BCUT2D eigenvalue weighted by molar-refractivity contribution is -0.100. The van der Waals surface area contributed by atoms with Crippen LogP contribution in [-0.4, -0.2) is 47.5 Å². The van der Waals surface area contributed by atoms with Gasteiger partial charge in [0.15, 0.2) is 23.0 Å². The molecule has 2 aliphatic heterocycles. The fraction of sp³-hybridized carbons (Fsp3) is 0.160. The minimum absolute atomic E-state index is 0.0279. The van der Waals surface area contributed by atoms with Crippen molar-refractivity contribution in [2.45, 2.75) is 48.5 Å². The van der Waals surface area contributed by atoms with Gasteiger partial charge in [0.25, 0.3) is 0 Å². The normalized spacial score (nSPS) is 14.0. The summed E-state index contributed by atoms with van der Waals surface area (Å²) in [6.07, 6.45) is 3.70. The van der Waals surface area contributed by atoms with Crippen LogP contribution in [0.4, 0.5) is 0 Å². The zero-order chi connectivity index (χ0) is 43.7. The van der Waals surface area contributed by atoms with E-state index in [1.807, 2.05) is 57.2 Å². The molecular formula is C50H42O11. The fourth-order valence-electron chi connectivity index (χ4n) is 9.30. The molecule has 0 fully saturated rings. The lowest BCUT2D eigenvalue weighted by atomic mass is 9.79. The molecule has 0 atom stereocenters. The van der Waals surface area contributed by atoms with Gasteiger partial charge in [-0.05, 0) is 116 Å². The Bertz CT molecular complexity index is 3260.